The minimum Gasteiger partial charge on any atom is -0.457 e. The van der Waals surface area contributed by atoms with Crippen LogP contribution in [0.1, 0.15) is 0 Å². The van der Waals surface area contributed by atoms with Crippen LogP contribution in [0, 0.1) is 5.82 Å². The van der Waals surface area contributed by atoms with Crippen LogP contribution in [0.25, 0.3) is 0 Å². The smallest absolute Gasteiger partial charge is 0.326 e. The second-order valence-electron chi connectivity index (χ2n) is 7.86. The molecular formula is C28H24BrFN4O3. The second-order valence-corrected chi connectivity index (χ2v) is 8.77. The molecule has 0 aliphatic carbocycles. The van der Waals surface area contributed by atoms with Gasteiger partial charge < -0.3 is 20.7 Å². The first-order valence-electron chi connectivity index (χ1n) is 11.4. The monoisotopic (exact) mass is 562 g/mol. The maximum absolute atomic E-state index is 14.1. The lowest BCUT2D eigenvalue weighted by molar-refractivity contribution is 0.250. The topological polar surface area (TPSA) is 82.7 Å². The van der Waals surface area contributed by atoms with Crippen LogP contribution in [0.5, 0.6) is 11.5 Å². The maximum Gasteiger partial charge on any atom is 0.326 e. The normalized spacial score (nSPS) is 10.3. The Bertz CT molecular complexity index is 1340. The molecule has 9 heteroatoms. The Morgan fingerprint density at radius 2 is 1.43 bits per heavy atom. The van der Waals surface area contributed by atoms with Crippen molar-refractivity contribution in [2.75, 3.05) is 28.6 Å². The zero-order valence-corrected chi connectivity index (χ0v) is 21.2. The van der Waals surface area contributed by atoms with Crippen LogP contribution in [0.3, 0.4) is 0 Å². The average Bonchev–Trinajstić information content (AvgIpc) is 2.90. The first-order valence-corrected chi connectivity index (χ1v) is 12.2. The number of anilines is 3. The van der Waals surface area contributed by atoms with E-state index in [0.29, 0.717) is 22.9 Å². The Morgan fingerprint density at radius 3 is 2.14 bits per heavy atom. The summed E-state index contributed by atoms with van der Waals surface area (Å²) < 4.78 is 20.9. The number of hydrogen-bond donors (Lipinski definition) is 3. The standard InChI is InChI=1S/C28H24BrFN4O3/c29-20-10-12-21(13-11-20)32-27(35)31-18-19-34(28(36)33-26-9-5-4-8-25(26)30)22-14-16-24(17-15-22)37-23-6-2-1-3-7-23/h1-17H,18-19H2,(H,33,36)(H2,31,32,35). The summed E-state index contributed by atoms with van der Waals surface area (Å²) in [4.78, 5) is 26.9. The van der Waals surface area contributed by atoms with Gasteiger partial charge in [-0.25, -0.2) is 14.0 Å². The summed E-state index contributed by atoms with van der Waals surface area (Å²) in [6, 6.07) is 28.4. The molecule has 0 unspecified atom stereocenters. The number of carbonyl (C=O) groups is 2. The first-order chi connectivity index (χ1) is 18.0. The number of rotatable bonds is 8. The Morgan fingerprint density at radius 1 is 0.784 bits per heavy atom. The number of para-hydroxylation sites is 2. The molecule has 0 fully saturated rings. The molecule has 0 aliphatic rings. The summed E-state index contributed by atoms with van der Waals surface area (Å²) in [6.07, 6.45) is 0. The van der Waals surface area contributed by atoms with Gasteiger partial charge in [0.05, 0.1) is 5.69 Å². The third kappa shape index (κ3) is 7.55. The van der Waals surface area contributed by atoms with Gasteiger partial charge in [-0.15, -0.1) is 0 Å². The van der Waals surface area contributed by atoms with E-state index in [2.05, 4.69) is 31.9 Å². The van der Waals surface area contributed by atoms with Crippen LogP contribution < -0.4 is 25.6 Å². The largest absolute Gasteiger partial charge is 0.457 e. The molecule has 0 spiro atoms. The van der Waals surface area contributed by atoms with Crippen LogP contribution in [0.15, 0.2) is 108 Å². The van der Waals surface area contributed by atoms with Crippen molar-refractivity contribution in [3.05, 3.63) is 113 Å². The van der Waals surface area contributed by atoms with Crippen molar-refractivity contribution in [3.8, 4) is 11.5 Å². The molecule has 0 aromatic heterocycles. The molecule has 0 saturated heterocycles. The van der Waals surface area contributed by atoms with Crippen molar-refractivity contribution >= 4 is 45.1 Å². The fraction of sp³-hybridized carbons (Fsp3) is 0.0714. The molecule has 4 amide bonds. The van der Waals surface area contributed by atoms with Crippen molar-refractivity contribution in [1.82, 2.24) is 5.32 Å². The molecule has 3 N–H and O–H groups in total. The SMILES string of the molecule is O=C(NCCN(C(=O)Nc1ccccc1F)c1ccc(Oc2ccccc2)cc1)Nc1ccc(Br)cc1. The van der Waals surface area contributed by atoms with Crippen molar-refractivity contribution in [2.24, 2.45) is 0 Å². The summed E-state index contributed by atoms with van der Waals surface area (Å²) >= 11 is 3.35. The van der Waals surface area contributed by atoms with E-state index >= 15 is 0 Å². The molecule has 4 aromatic rings. The number of benzene rings is 4. The van der Waals surface area contributed by atoms with E-state index in [1.54, 1.807) is 48.5 Å². The van der Waals surface area contributed by atoms with Gasteiger partial charge in [-0.3, -0.25) is 4.90 Å². The summed E-state index contributed by atoms with van der Waals surface area (Å²) in [5.74, 6) is 0.733. The van der Waals surface area contributed by atoms with Crippen molar-refractivity contribution in [3.63, 3.8) is 0 Å². The number of nitrogens with zero attached hydrogens (tertiary/aromatic N) is 1. The highest BCUT2D eigenvalue weighted by Crippen LogP contribution is 2.25. The third-order valence-electron chi connectivity index (χ3n) is 5.21. The van der Waals surface area contributed by atoms with E-state index in [-0.39, 0.29) is 18.8 Å². The highest BCUT2D eigenvalue weighted by atomic mass is 79.9. The van der Waals surface area contributed by atoms with Gasteiger partial charge in [0.25, 0.3) is 0 Å². The Labute approximate surface area is 222 Å². The number of halogens is 2. The fourth-order valence-corrected chi connectivity index (χ4v) is 3.67. The van der Waals surface area contributed by atoms with Gasteiger partial charge in [-0.2, -0.15) is 0 Å². The molecule has 7 nitrogen and oxygen atoms in total. The number of urea groups is 2. The molecule has 0 heterocycles. The van der Waals surface area contributed by atoms with Crippen LogP contribution in [0.4, 0.5) is 31.0 Å². The molecule has 0 atom stereocenters. The Balaban J connectivity index is 1.44. The maximum atomic E-state index is 14.1. The van der Waals surface area contributed by atoms with E-state index in [9.17, 15) is 14.0 Å². The van der Waals surface area contributed by atoms with E-state index in [0.717, 1.165) is 4.47 Å². The fourth-order valence-electron chi connectivity index (χ4n) is 3.40. The number of nitrogens with one attached hydrogen (secondary N) is 3. The van der Waals surface area contributed by atoms with Gasteiger partial charge >= 0.3 is 12.1 Å². The lowest BCUT2D eigenvalue weighted by atomic mass is 10.2. The number of hydrogen-bond acceptors (Lipinski definition) is 3. The second kappa shape index (κ2) is 12.5. The molecule has 4 aromatic carbocycles. The van der Waals surface area contributed by atoms with Crippen molar-refractivity contribution in [1.29, 1.82) is 0 Å². The molecular weight excluding hydrogens is 539 g/mol. The van der Waals surface area contributed by atoms with E-state index in [4.69, 9.17) is 4.74 Å². The average molecular weight is 563 g/mol. The molecule has 37 heavy (non-hydrogen) atoms. The van der Waals surface area contributed by atoms with Crippen LogP contribution in [-0.4, -0.2) is 25.2 Å². The van der Waals surface area contributed by atoms with E-state index in [1.165, 1.54) is 17.0 Å². The molecule has 0 radical (unpaired) electrons. The van der Waals surface area contributed by atoms with Crippen LogP contribution in [-0.2, 0) is 0 Å². The molecule has 188 valence electrons. The quantitative estimate of drug-likeness (QED) is 0.211. The van der Waals surface area contributed by atoms with E-state index < -0.39 is 17.9 Å². The minimum absolute atomic E-state index is 0.0578. The Hall–Kier alpha value is -4.37. The summed E-state index contributed by atoms with van der Waals surface area (Å²) in [7, 11) is 0. The Kier molecular flexibility index (Phi) is 8.72. The van der Waals surface area contributed by atoms with Gasteiger partial charge in [0.15, 0.2) is 0 Å². The lowest BCUT2D eigenvalue weighted by Crippen LogP contribution is -2.42. The molecule has 0 bridgehead atoms. The lowest BCUT2D eigenvalue weighted by Gasteiger charge is -2.24. The zero-order chi connectivity index (χ0) is 26.0. The van der Waals surface area contributed by atoms with Gasteiger partial charge in [-0.1, -0.05) is 46.3 Å². The van der Waals surface area contributed by atoms with Crippen LogP contribution >= 0.6 is 15.9 Å². The van der Waals surface area contributed by atoms with Crippen LogP contribution in [0.2, 0.25) is 0 Å². The molecule has 0 saturated carbocycles. The summed E-state index contributed by atoms with van der Waals surface area (Å²) in [5.41, 5.74) is 1.23. The highest BCUT2D eigenvalue weighted by Gasteiger charge is 2.18. The van der Waals surface area contributed by atoms with Crippen molar-refractivity contribution < 1.29 is 18.7 Å². The minimum atomic E-state index is -0.547. The third-order valence-corrected chi connectivity index (χ3v) is 5.74. The molecule has 4 rings (SSSR count). The first kappa shape index (κ1) is 25.7. The number of ether oxygens (including phenoxy) is 1. The van der Waals surface area contributed by atoms with Crippen molar-refractivity contribution in [2.45, 2.75) is 0 Å². The number of amides is 4. The highest BCUT2D eigenvalue weighted by molar-refractivity contribution is 9.10. The molecule has 0 aliphatic heterocycles. The van der Waals surface area contributed by atoms with E-state index in [1.807, 2.05) is 42.5 Å². The number of carbonyl (C=O) groups excluding carboxylic acids is 2. The zero-order valence-electron chi connectivity index (χ0n) is 19.7. The summed E-state index contributed by atoms with van der Waals surface area (Å²) in [6.45, 7) is 0.280. The predicted octanol–water partition coefficient (Wildman–Crippen LogP) is 7.24. The summed E-state index contributed by atoms with van der Waals surface area (Å²) in [5, 5.41) is 8.07. The van der Waals surface area contributed by atoms with Gasteiger partial charge in [0.2, 0.25) is 0 Å². The van der Waals surface area contributed by atoms with Gasteiger partial charge in [0, 0.05) is 28.9 Å². The van der Waals surface area contributed by atoms with Gasteiger partial charge in [0.1, 0.15) is 17.3 Å². The predicted molar refractivity (Wildman–Crippen MR) is 147 cm³/mol. The van der Waals surface area contributed by atoms with Gasteiger partial charge in [-0.05, 0) is 72.8 Å².